The predicted octanol–water partition coefficient (Wildman–Crippen LogP) is 5.23. The number of hydrogen-bond acceptors (Lipinski definition) is 2. The van der Waals surface area contributed by atoms with Crippen LogP contribution in [0, 0.1) is 0 Å². The van der Waals surface area contributed by atoms with Crippen LogP contribution in [0.25, 0.3) is 0 Å². The van der Waals surface area contributed by atoms with Gasteiger partial charge in [0.05, 0.1) is 6.61 Å². The van der Waals surface area contributed by atoms with Crippen LogP contribution in [-0.2, 0) is 5.41 Å². The van der Waals surface area contributed by atoms with E-state index in [4.69, 9.17) is 16.3 Å². The minimum atomic E-state index is -0.239. The molecule has 134 valence electrons. The molecule has 4 nitrogen and oxygen atoms in total. The van der Waals surface area contributed by atoms with Crippen molar-refractivity contribution in [1.29, 1.82) is 0 Å². The molecule has 25 heavy (non-hydrogen) atoms. The highest BCUT2D eigenvalue weighted by atomic mass is 35.5. The van der Waals surface area contributed by atoms with Crippen LogP contribution in [0.2, 0.25) is 5.02 Å². The minimum Gasteiger partial charge on any atom is -0.494 e. The zero-order chi connectivity index (χ0) is 18.3. The number of urea groups is 1. The number of amides is 2. The summed E-state index contributed by atoms with van der Waals surface area (Å²) >= 11 is 5.81. The lowest BCUT2D eigenvalue weighted by Gasteiger charge is -2.19. The van der Waals surface area contributed by atoms with Crippen molar-refractivity contribution in [3.63, 3.8) is 0 Å². The van der Waals surface area contributed by atoms with Gasteiger partial charge in [-0.05, 0) is 53.8 Å². The zero-order valence-electron chi connectivity index (χ0n) is 14.9. The van der Waals surface area contributed by atoms with Crippen molar-refractivity contribution in [2.24, 2.45) is 0 Å². The summed E-state index contributed by atoms with van der Waals surface area (Å²) in [4.78, 5) is 11.8. The summed E-state index contributed by atoms with van der Waals surface area (Å²) in [6.45, 7) is 7.65. The van der Waals surface area contributed by atoms with Gasteiger partial charge < -0.3 is 15.4 Å². The maximum absolute atomic E-state index is 11.8. The molecule has 0 aliphatic rings. The van der Waals surface area contributed by atoms with Crippen molar-refractivity contribution in [1.82, 2.24) is 5.32 Å². The fourth-order valence-electron chi connectivity index (χ4n) is 2.22. The molecule has 0 fully saturated rings. The molecule has 0 saturated carbocycles. The van der Waals surface area contributed by atoms with Gasteiger partial charge in [-0.2, -0.15) is 0 Å². The Hall–Kier alpha value is -2.20. The second kappa shape index (κ2) is 8.77. The number of hydrogen-bond donors (Lipinski definition) is 2. The summed E-state index contributed by atoms with van der Waals surface area (Å²) in [5, 5.41) is 6.18. The van der Waals surface area contributed by atoms with Crippen LogP contribution in [0.5, 0.6) is 5.75 Å². The maximum Gasteiger partial charge on any atom is 0.319 e. The van der Waals surface area contributed by atoms with E-state index in [1.54, 1.807) is 24.3 Å². The first-order chi connectivity index (χ1) is 11.8. The van der Waals surface area contributed by atoms with E-state index in [0.717, 1.165) is 12.2 Å². The van der Waals surface area contributed by atoms with Crippen LogP contribution in [0.4, 0.5) is 10.5 Å². The van der Waals surface area contributed by atoms with E-state index in [9.17, 15) is 4.79 Å². The number of anilines is 1. The van der Waals surface area contributed by atoms with Crippen molar-refractivity contribution < 1.29 is 9.53 Å². The van der Waals surface area contributed by atoms with E-state index in [2.05, 4.69) is 43.5 Å². The van der Waals surface area contributed by atoms with Crippen LogP contribution in [0.1, 0.15) is 32.8 Å². The Morgan fingerprint density at radius 1 is 1.04 bits per heavy atom. The fraction of sp³-hybridized carbons (Fsp3) is 0.350. The highest BCUT2D eigenvalue weighted by molar-refractivity contribution is 6.30. The van der Waals surface area contributed by atoms with E-state index in [1.807, 2.05) is 12.1 Å². The molecule has 0 saturated heterocycles. The van der Waals surface area contributed by atoms with Crippen LogP contribution in [-0.4, -0.2) is 19.2 Å². The summed E-state index contributed by atoms with van der Waals surface area (Å²) < 4.78 is 5.70. The van der Waals surface area contributed by atoms with E-state index in [-0.39, 0.29) is 11.4 Å². The van der Waals surface area contributed by atoms with Gasteiger partial charge in [-0.25, -0.2) is 4.79 Å². The van der Waals surface area contributed by atoms with E-state index in [0.29, 0.717) is 23.9 Å². The third-order valence-corrected chi connectivity index (χ3v) is 3.95. The Morgan fingerprint density at radius 2 is 1.68 bits per heavy atom. The van der Waals surface area contributed by atoms with Gasteiger partial charge in [0.25, 0.3) is 0 Å². The molecule has 0 unspecified atom stereocenters. The summed E-state index contributed by atoms with van der Waals surface area (Å²) in [6, 6.07) is 14.9. The first kappa shape index (κ1) is 19.1. The lowest BCUT2D eigenvalue weighted by molar-refractivity contribution is 0.250. The normalized spacial score (nSPS) is 11.0. The molecule has 0 bridgehead atoms. The van der Waals surface area contributed by atoms with Crippen molar-refractivity contribution >= 4 is 23.3 Å². The summed E-state index contributed by atoms with van der Waals surface area (Å²) in [6.07, 6.45) is 0.731. The van der Waals surface area contributed by atoms with E-state index >= 15 is 0 Å². The number of halogens is 1. The van der Waals surface area contributed by atoms with E-state index < -0.39 is 0 Å². The molecule has 0 aliphatic heterocycles. The van der Waals surface area contributed by atoms with Crippen molar-refractivity contribution in [3.8, 4) is 5.75 Å². The number of carbonyl (C=O) groups is 1. The van der Waals surface area contributed by atoms with Gasteiger partial charge >= 0.3 is 6.03 Å². The van der Waals surface area contributed by atoms with Gasteiger partial charge in [0.2, 0.25) is 0 Å². The predicted molar refractivity (Wildman–Crippen MR) is 104 cm³/mol. The molecule has 0 atom stereocenters. The molecular weight excluding hydrogens is 336 g/mol. The molecular formula is C20H25ClN2O2. The van der Waals surface area contributed by atoms with Crippen molar-refractivity contribution in [3.05, 3.63) is 59.1 Å². The summed E-state index contributed by atoms with van der Waals surface area (Å²) in [5.41, 5.74) is 2.12. The van der Waals surface area contributed by atoms with Crippen LogP contribution >= 0.6 is 11.6 Å². The monoisotopic (exact) mass is 360 g/mol. The third kappa shape index (κ3) is 6.67. The van der Waals surface area contributed by atoms with Gasteiger partial charge in [-0.15, -0.1) is 0 Å². The largest absolute Gasteiger partial charge is 0.494 e. The van der Waals surface area contributed by atoms with Crippen LogP contribution < -0.4 is 15.4 Å². The van der Waals surface area contributed by atoms with Gasteiger partial charge in [0.15, 0.2) is 0 Å². The average molecular weight is 361 g/mol. The summed E-state index contributed by atoms with van der Waals surface area (Å²) in [5.74, 6) is 0.846. The zero-order valence-corrected chi connectivity index (χ0v) is 15.7. The Labute approximate surface area is 154 Å². The highest BCUT2D eigenvalue weighted by Crippen LogP contribution is 2.24. The fourth-order valence-corrected chi connectivity index (χ4v) is 2.35. The number of ether oxygens (including phenoxy) is 1. The summed E-state index contributed by atoms with van der Waals surface area (Å²) in [7, 11) is 0. The second-order valence-electron chi connectivity index (χ2n) is 6.86. The van der Waals surface area contributed by atoms with Gasteiger partial charge in [-0.1, -0.05) is 44.5 Å². The molecule has 0 spiro atoms. The molecule has 5 heteroatoms. The maximum atomic E-state index is 11.8. The molecule has 0 aliphatic carbocycles. The Morgan fingerprint density at radius 3 is 2.28 bits per heavy atom. The Bertz CT molecular complexity index is 676. The molecule has 2 aromatic carbocycles. The minimum absolute atomic E-state index is 0.139. The van der Waals surface area contributed by atoms with Crippen molar-refractivity contribution in [2.75, 3.05) is 18.5 Å². The second-order valence-corrected chi connectivity index (χ2v) is 7.30. The topological polar surface area (TPSA) is 50.4 Å². The number of benzene rings is 2. The molecule has 0 aromatic heterocycles. The molecule has 0 radical (unpaired) electrons. The first-order valence-corrected chi connectivity index (χ1v) is 8.76. The first-order valence-electron chi connectivity index (χ1n) is 8.38. The number of carbonyl (C=O) groups excluding carboxylic acids is 1. The molecule has 2 rings (SSSR count). The lowest BCUT2D eigenvalue weighted by Crippen LogP contribution is -2.30. The SMILES string of the molecule is CC(C)(C)c1ccc(OCCCNC(=O)Nc2ccc(Cl)cc2)cc1. The quantitative estimate of drug-likeness (QED) is 0.693. The number of rotatable bonds is 6. The smallest absolute Gasteiger partial charge is 0.319 e. The van der Waals surface area contributed by atoms with E-state index in [1.165, 1.54) is 5.56 Å². The van der Waals surface area contributed by atoms with Gasteiger partial charge in [-0.3, -0.25) is 0 Å². The van der Waals surface area contributed by atoms with Crippen LogP contribution in [0.15, 0.2) is 48.5 Å². The standard InChI is InChI=1S/C20H25ClN2O2/c1-20(2,3)15-5-11-18(12-6-15)25-14-4-13-22-19(24)23-17-9-7-16(21)8-10-17/h5-12H,4,13-14H2,1-3H3,(H2,22,23,24). The molecule has 2 aromatic rings. The molecule has 0 heterocycles. The number of nitrogens with one attached hydrogen (secondary N) is 2. The van der Waals surface area contributed by atoms with Crippen molar-refractivity contribution in [2.45, 2.75) is 32.6 Å². The lowest BCUT2D eigenvalue weighted by atomic mass is 9.87. The highest BCUT2D eigenvalue weighted by Gasteiger charge is 2.12. The average Bonchev–Trinajstić information content (AvgIpc) is 2.56. The Balaban J connectivity index is 1.64. The van der Waals surface area contributed by atoms with Gasteiger partial charge in [0, 0.05) is 17.3 Å². The Kier molecular flexibility index (Phi) is 6.71. The van der Waals surface area contributed by atoms with Gasteiger partial charge in [0.1, 0.15) is 5.75 Å². The third-order valence-electron chi connectivity index (χ3n) is 3.70. The molecule has 2 amide bonds. The van der Waals surface area contributed by atoms with Crippen LogP contribution in [0.3, 0.4) is 0 Å². The molecule has 2 N–H and O–H groups in total.